The monoisotopic (exact) mass is 280 g/mol. The summed E-state index contributed by atoms with van der Waals surface area (Å²) in [6, 6.07) is 0. The van der Waals surface area contributed by atoms with Crippen LogP contribution in [0, 0.1) is 5.92 Å². The lowest BCUT2D eigenvalue weighted by molar-refractivity contribution is -0.164. The summed E-state index contributed by atoms with van der Waals surface area (Å²) in [6.07, 6.45) is 5.36. The fourth-order valence-electron chi connectivity index (χ4n) is 2.50. The van der Waals surface area contributed by atoms with E-state index in [1.807, 2.05) is 17.9 Å². The Morgan fingerprint density at radius 2 is 2.05 bits per heavy atom. The molecule has 2 atom stereocenters. The maximum Gasteiger partial charge on any atom is 0.0655 e. The van der Waals surface area contributed by atoms with E-state index < -0.39 is 0 Å². The fourth-order valence-corrected chi connectivity index (χ4v) is 2.50. The van der Waals surface area contributed by atoms with E-state index in [9.17, 15) is 0 Å². The van der Waals surface area contributed by atoms with Gasteiger partial charge in [-0.3, -0.25) is 4.68 Å². The van der Waals surface area contributed by atoms with Gasteiger partial charge in [-0.15, -0.1) is 0 Å². The Morgan fingerprint density at radius 1 is 1.35 bits per heavy atom. The number of rotatable bonds is 5. The SMILES string of the molecule is Cn1cc(C(C)(C)CC2OCC2COC(C)(C)C)cn1. The van der Waals surface area contributed by atoms with E-state index in [1.165, 1.54) is 5.56 Å². The van der Waals surface area contributed by atoms with Gasteiger partial charge in [0.15, 0.2) is 0 Å². The first-order valence-electron chi connectivity index (χ1n) is 7.42. The Hall–Kier alpha value is -0.870. The van der Waals surface area contributed by atoms with Crippen molar-refractivity contribution in [2.24, 2.45) is 13.0 Å². The van der Waals surface area contributed by atoms with Crippen LogP contribution >= 0.6 is 0 Å². The Balaban J connectivity index is 1.89. The van der Waals surface area contributed by atoms with Gasteiger partial charge >= 0.3 is 0 Å². The van der Waals surface area contributed by atoms with Crippen LogP contribution in [0.4, 0.5) is 0 Å². The Morgan fingerprint density at radius 3 is 2.50 bits per heavy atom. The highest BCUT2D eigenvalue weighted by Gasteiger charge is 2.38. The molecule has 2 heterocycles. The first-order valence-corrected chi connectivity index (χ1v) is 7.42. The Labute approximate surface area is 122 Å². The van der Waals surface area contributed by atoms with Crippen LogP contribution < -0.4 is 0 Å². The van der Waals surface area contributed by atoms with E-state index >= 15 is 0 Å². The maximum atomic E-state index is 5.89. The summed E-state index contributed by atoms with van der Waals surface area (Å²) < 4.78 is 13.5. The zero-order valence-electron chi connectivity index (χ0n) is 13.6. The van der Waals surface area contributed by atoms with Gasteiger partial charge in [0, 0.05) is 19.2 Å². The van der Waals surface area contributed by atoms with E-state index in [-0.39, 0.29) is 11.0 Å². The minimum Gasteiger partial charge on any atom is -0.377 e. The molecule has 0 bridgehead atoms. The molecule has 1 saturated heterocycles. The zero-order valence-corrected chi connectivity index (χ0v) is 13.6. The van der Waals surface area contributed by atoms with Crippen LogP contribution in [0.5, 0.6) is 0 Å². The molecule has 1 fully saturated rings. The van der Waals surface area contributed by atoms with Gasteiger partial charge in [-0.05, 0) is 38.2 Å². The highest BCUT2D eigenvalue weighted by Crippen LogP contribution is 2.35. The van der Waals surface area contributed by atoms with Crippen LogP contribution in [0.1, 0.15) is 46.6 Å². The summed E-state index contributed by atoms with van der Waals surface area (Å²) in [5.74, 6) is 0.519. The van der Waals surface area contributed by atoms with Gasteiger partial charge in [0.1, 0.15) is 0 Å². The molecule has 0 aliphatic carbocycles. The fraction of sp³-hybridized carbons (Fsp3) is 0.812. The van der Waals surface area contributed by atoms with E-state index in [0.29, 0.717) is 12.0 Å². The lowest BCUT2D eigenvalue weighted by Gasteiger charge is -2.42. The molecule has 1 aliphatic heterocycles. The predicted molar refractivity (Wildman–Crippen MR) is 79.8 cm³/mol. The number of aryl methyl sites for hydroxylation is 1. The van der Waals surface area contributed by atoms with E-state index in [4.69, 9.17) is 9.47 Å². The van der Waals surface area contributed by atoms with Gasteiger partial charge in [0.2, 0.25) is 0 Å². The molecule has 2 unspecified atom stereocenters. The first-order chi connectivity index (χ1) is 9.17. The quantitative estimate of drug-likeness (QED) is 0.832. The molecule has 0 amide bonds. The molecule has 0 spiro atoms. The molecule has 2 rings (SSSR count). The molecule has 0 radical (unpaired) electrons. The first kappa shape index (κ1) is 15.5. The third-order valence-corrected chi connectivity index (χ3v) is 3.98. The van der Waals surface area contributed by atoms with E-state index in [0.717, 1.165) is 19.6 Å². The van der Waals surface area contributed by atoms with Crippen LogP contribution in [0.3, 0.4) is 0 Å². The molecule has 1 aromatic heterocycles. The minimum atomic E-state index is -0.0704. The van der Waals surface area contributed by atoms with Crippen molar-refractivity contribution in [3.05, 3.63) is 18.0 Å². The molecule has 1 aromatic rings. The summed E-state index contributed by atoms with van der Waals surface area (Å²) in [5.41, 5.74) is 1.28. The number of aromatic nitrogens is 2. The summed E-state index contributed by atoms with van der Waals surface area (Å²) in [6.45, 7) is 12.4. The molecule has 4 nitrogen and oxygen atoms in total. The molecule has 0 aromatic carbocycles. The molecule has 114 valence electrons. The third-order valence-electron chi connectivity index (χ3n) is 3.98. The minimum absolute atomic E-state index is 0.0704. The average Bonchev–Trinajstić information content (AvgIpc) is 2.71. The van der Waals surface area contributed by atoms with E-state index in [2.05, 4.69) is 45.9 Å². The van der Waals surface area contributed by atoms with Crippen molar-refractivity contribution in [2.45, 2.75) is 58.2 Å². The van der Waals surface area contributed by atoms with Crippen molar-refractivity contribution >= 4 is 0 Å². The molecule has 0 N–H and O–H groups in total. The van der Waals surface area contributed by atoms with Crippen molar-refractivity contribution in [1.29, 1.82) is 0 Å². The summed E-state index contributed by atoms with van der Waals surface area (Å²) in [4.78, 5) is 0. The van der Waals surface area contributed by atoms with Crippen LogP contribution in [0.2, 0.25) is 0 Å². The van der Waals surface area contributed by atoms with Gasteiger partial charge in [-0.2, -0.15) is 5.10 Å². The normalized spacial score (nSPS) is 23.7. The van der Waals surface area contributed by atoms with Crippen molar-refractivity contribution in [2.75, 3.05) is 13.2 Å². The maximum absolute atomic E-state index is 5.89. The van der Waals surface area contributed by atoms with Crippen LogP contribution in [-0.2, 0) is 21.9 Å². The number of hydrogen-bond acceptors (Lipinski definition) is 3. The summed E-state index contributed by atoms with van der Waals surface area (Å²) in [7, 11) is 1.96. The van der Waals surface area contributed by atoms with Gasteiger partial charge in [0.05, 0.1) is 31.1 Å². The van der Waals surface area contributed by atoms with Gasteiger partial charge < -0.3 is 9.47 Å². The average molecular weight is 280 g/mol. The third kappa shape index (κ3) is 3.83. The number of nitrogens with zero attached hydrogens (tertiary/aromatic N) is 2. The van der Waals surface area contributed by atoms with Crippen LogP contribution in [0.15, 0.2) is 12.4 Å². The molecule has 1 aliphatic rings. The van der Waals surface area contributed by atoms with Gasteiger partial charge in [0.25, 0.3) is 0 Å². The summed E-state index contributed by atoms with van der Waals surface area (Å²) in [5, 5.41) is 4.27. The Bertz CT molecular complexity index is 446. The van der Waals surface area contributed by atoms with Crippen molar-refractivity contribution in [3.8, 4) is 0 Å². The molecule has 0 saturated carbocycles. The summed E-state index contributed by atoms with van der Waals surface area (Å²) >= 11 is 0. The highest BCUT2D eigenvalue weighted by atomic mass is 16.5. The van der Waals surface area contributed by atoms with Crippen LogP contribution in [-0.4, -0.2) is 34.7 Å². The smallest absolute Gasteiger partial charge is 0.0655 e. The Kier molecular flexibility index (Phi) is 4.26. The van der Waals surface area contributed by atoms with Gasteiger partial charge in [-0.25, -0.2) is 0 Å². The van der Waals surface area contributed by atoms with Crippen molar-refractivity contribution in [3.63, 3.8) is 0 Å². The molecular weight excluding hydrogens is 252 g/mol. The largest absolute Gasteiger partial charge is 0.377 e. The van der Waals surface area contributed by atoms with Gasteiger partial charge in [-0.1, -0.05) is 13.8 Å². The second-order valence-corrected chi connectivity index (χ2v) is 7.55. The molecule has 4 heteroatoms. The predicted octanol–water partition coefficient (Wildman–Crippen LogP) is 2.92. The van der Waals surface area contributed by atoms with E-state index in [1.54, 1.807) is 0 Å². The molecular formula is C16H28N2O2. The lowest BCUT2D eigenvalue weighted by Crippen LogP contribution is -2.46. The zero-order chi connectivity index (χ0) is 15.0. The molecule has 20 heavy (non-hydrogen) atoms. The number of hydrogen-bond donors (Lipinski definition) is 0. The van der Waals surface area contributed by atoms with Crippen LogP contribution in [0.25, 0.3) is 0 Å². The van der Waals surface area contributed by atoms with Crippen molar-refractivity contribution in [1.82, 2.24) is 9.78 Å². The highest BCUT2D eigenvalue weighted by molar-refractivity contribution is 5.17. The topological polar surface area (TPSA) is 36.3 Å². The number of ether oxygens (including phenoxy) is 2. The second kappa shape index (κ2) is 5.49. The lowest BCUT2D eigenvalue weighted by atomic mass is 9.77. The standard InChI is InChI=1S/C16H28N2O2/c1-15(2,3)20-11-12-10-19-14(12)7-16(4,5)13-8-17-18(6)9-13/h8-9,12,14H,7,10-11H2,1-6H3. The second-order valence-electron chi connectivity index (χ2n) is 7.55. The van der Waals surface area contributed by atoms with Crippen molar-refractivity contribution < 1.29 is 9.47 Å².